The van der Waals surface area contributed by atoms with Gasteiger partial charge in [-0.15, -0.1) is 0 Å². The summed E-state index contributed by atoms with van der Waals surface area (Å²) in [6.45, 7) is 3.54. The van der Waals surface area contributed by atoms with Gasteiger partial charge in [0.25, 0.3) is 0 Å². The van der Waals surface area contributed by atoms with Gasteiger partial charge in [-0.05, 0) is 18.8 Å². The average Bonchev–Trinajstić information content (AvgIpc) is 2.62. The van der Waals surface area contributed by atoms with Gasteiger partial charge in [0.05, 0.1) is 11.5 Å². The molecule has 19 heavy (non-hydrogen) atoms. The van der Waals surface area contributed by atoms with Gasteiger partial charge in [-0.2, -0.15) is 0 Å². The Morgan fingerprint density at radius 1 is 1.37 bits per heavy atom. The topological polar surface area (TPSA) is 91.8 Å². The zero-order valence-corrected chi connectivity index (χ0v) is 12.1. The van der Waals surface area contributed by atoms with Gasteiger partial charge in [0.15, 0.2) is 9.84 Å². The van der Waals surface area contributed by atoms with Gasteiger partial charge in [-0.1, -0.05) is 13.8 Å². The molecular weight excluding hydrogens is 270 g/mol. The van der Waals surface area contributed by atoms with Crippen molar-refractivity contribution in [1.29, 1.82) is 0 Å². The fourth-order valence-electron chi connectivity index (χ4n) is 2.14. The minimum Gasteiger partial charge on any atom is -0.480 e. The highest BCUT2D eigenvalue weighted by Crippen LogP contribution is 2.19. The van der Waals surface area contributed by atoms with E-state index in [4.69, 9.17) is 5.11 Å². The number of rotatable bonds is 6. The van der Waals surface area contributed by atoms with E-state index in [1.807, 2.05) is 13.8 Å². The molecule has 0 bridgehead atoms. The number of hydrogen-bond donors (Lipinski definition) is 1. The molecule has 1 fully saturated rings. The Balaban J connectivity index is 2.72. The van der Waals surface area contributed by atoms with Gasteiger partial charge in [0, 0.05) is 12.5 Å². The lowest BCUT2D eigenvalue weighted by atomic mass is 10.1. The van der Waals surface area contributed by atoms with Crippen LogP contribution in [0.4, 0.5) is 0 Å². The Hall–Kier alpha value is -1.11. The molecule has 1 atom stereocenters. The predicted octanol–water partition coefficient (Wildman–Crippen LogP) is 0.523. The molecule has 0 radical (unpaired) electrons. The van der Waals surface area contributed by atoms with E-state index in [1.54, 1.807) is 0 Å². The molecule has 1 unspecified atom stereocenters. The summed E-state index contributed by atoms with van der Waals surface area (Å²) in [5, 5.41) is 8.86. The summed E-state index contributed by atoms with van der Waals surface area (Å²) in [5.74, 6) is -1.11. The number of nitrogens with zero attached hydrogens (tertiary/aromatic N) is 1. The third kappa shape index (κ3) is 5.18. The summed E-state index contributed by atoms with van der Waals surface area (Å²) in [7, 11) is -3.13. The van der Waals surface area contributed by atoms with Crippen molar-refractivity contribution in [3.05, 3.63) is 0 Å². The normalized spacial score (nSPS) is 21.5. The molecule has 0 saturated carbocycles. The van der Waals surface area contributed by atoms with E-state index < -0.39 is 28.4 Å². The Labute approximate surface area is 113 Å². The molecule has 7 heteroatoms. The van der Waals surface area contributed by atoms with Crippen LogP contribution in [0.1, 0.15) is 33.1 Å². The molecule has 110 valence electrons. The fourth-order valence-corrected chi connectivity index (χ4v) is 3.87. The molecule has 1 heterocycles. The van der Waals surface area contributed by atoms with Crippen molar-refractivity contribution >= 4 is 21.7 Å². The molecule has 0 spiro atoms. The van der Waals surface area contributed by atoms with Gasteiger partial charge in [-0.3, -0.25) is 9.59 Å². The molecule has 0 aliphatic carbocycles. The largest absolute Gasteiger partial charge is 0.480 e. The Kier molecular flexibility index (Phi) is 5.34. The van der Waals surface area contributed by atoms with Crippen molar-refractivity contribution in [3.8, 4) is 0 Å². The highest BCUT2D eigenvalue weighted by Gasteiger charge is 2.35. The highest BCUT2D eigenvalue weighted by molar-refractivity contribution is 7.91. The van der Waals surface area contributed by atoms with Gasteiger partial charge >= 0.3 is 5.97 Å². The maximum absolute atomic E-state index is 12.0. The lowest BCUT2D eigenvalue weighted by Crippen LogP contribution is -2.44. The number of carboxylic acid groups (broad SMARTS) is 1. The quantitative estimate of drug-likeness (QED) is 0.770. The molecule has 1 saturated heterocycles. The average molecular weight is 291 g/mol. The predicted molar refractivity (Wildman–Crippen MR) is 70.5 cm³/mol. The Morgan fingerprint density at radius 2 is 2.00 bits per heavy atom. The van der Waals surface area contributed by atoms with Gasteiger partial charge < -0.3 is 10.0 Å². The molecule has 1 rings (SSSR count). The first kappa shape index (κ1) is 15.9. The number of aliphatic carboxylic acids is 1. The maximum atomic E-state index is 12.0. The van der Waals surface area contributed by atoms with Crippen LogP contribution in [0.2, 0.25) is 0 Å². The first-order valence-corrected chi connectivity index (χ1v) is 8.25. The summed E-state index contributed by atoms with van der Waals surface area (Å²) in [5.41, 5.74) is 0. The molecule has 1 amide bonds. The SMILES string of the molecule is CC(C)CCC(=O)N(CC(=O)O)C1CCS(=O)(=O)C1. The first-order valence-electron chi connectivity index (χ1n) is 6.43. The second kappa shape index (κ2) is 6.36. The molecule has 1 N–H and O–H groups in total. The number of carbonyl (C=O) groups is 2. The Bertz CT molecular complexity index is 443. The molecule has 1 aliphatic rings. The van der Waals surface area contributed by atoms with E-state index in [1.165, 1.54) is 4.90 Å². The van der Waals surface area contributed by atoms with E-state index >= 15 is 0 Å². The third-order valence-electron chi connectivity index (χ3n) is 3.21. The minimum atomic E-state index is -3.13. The minimum absolute atomic E-state index is 0.0330. The zero-order chi connectivity index (χ0) is 14.6. The van der Waals surface area contributed by atoms with Crippen LogP contribution in [0.3, 0.4) is 0 Å². The maximum Gasteiger partial charge on any atom is 0.323 e. The summed E-state index contributed by atoms with van der Waals surface area (Å²) in [6, 6.07) is -0.485. The smallest absolute Gasteiger partial charge is 0.323 e. The van der Waals surface area contributed by atoms with Crippen molar-refractivity contribution in [1.82, 2.24) is 4.90 Å². The molecule has 1 aliphatic heterocycles. The zero-order valence-electron chi connectivity index (χ0n) is 11.3. The van der Waals surface area contributed by atoms with Gasteiger partial charge in [-0.25, -0.2) is 8.42 Å². The van der Waals surface area contributed by atoms with Crippen molar-refractivity contribution in [2.24, 2.45) is 5.92 Å². The van der Waals surface area contributed by atoms with Crippen LogP contribution in [0.15, 0.2) is 0 Å². The van der Waals surface area contributed by atoms with E-state index in [-0.39, 0.29) is 23.8 Å². The van der Waals surface area contributed by atoms with Crippen LogP contribution in [0.25, 0.3) is 0 Å². The Morgan fingerprint density at radius 3 is 2.42 bits per heavy atom. The monoisotopic (exact) mass is 291 g/mol. The third-order valence-corrected chi connectivity index (χ3v) is 4.96. The van der Waals surface area contributed by atoms with Crippen LogP contribution in [0.5, 0.6) is 0 Å². The highest BCUT2D eigenvalue weighted by atomic mass is 32.2. The lowest BCUT2D eigenvalue weighted by molar-refractivity contribution is -0.146. The van der Waals surface area contributed by atoms with Crippen LogP contribution < -0.4 is 0 Å². The summed E-state index contributed by atoms with van der Waals surface area (Å²) in [6.07, 6.45) is 1.28. The van der Waals surface area contributed by atoms with Crippen LogP contribution >= 0.6 is 0 Å². The van der Waals surface area contributed by atoms with E-state index in [0.29, 0.717) is 18.8 Å². The molecular formula is C12H21NO5S. The van der Waals surface area contributed by atoms with E-state index in [0.717, 1.165) is 0 Å². The van der Waals surface area contributed by atoms with Crippen LogP contribution in [-0.2, 0) is 19.4 Å². The molecule has 0 aromatic heterocycles. The number of carbonyl (C=O) groups excluding carboxylic acids is 1. The van der Waals surface area contributed by atoms with Crippen molar-refractivity contribution < 1.29 is 23.1 Å². The molecule has 0 aromatic carbocycles. The molecule has 0 aromatic rings. The first-order chi connectivity index (χ1) is 8.71. The van der Waals surface area contributed by atoms with Gasteiger partial charge in [0.1, 0.15) is 6.54 Å². The number of hydrogen-bond acceptors (Lipinski definition) is 4. The fraction of sp³-hybridized carbons (Fsp3) is 0.833. The van der Waals surface area contributed by atoms with E-state index in [2.05, 4.69) is 0 Å². The van der Waals surface area contributed by atoms with Gasteiger partial charge in [0.2, 0.25) is 5.91 Å². The standard InChI is InChI=1S/C12H21NO5S/c1-9(2)3-4-11(14)13(7-12(15)16)10-5-6-19(17,18)8-10/h9-10H,3-8H2,1-2H3,(H,15,16). The van der Waals surface area contributed by atoms with Crippen molar-refractivity contribution in [2.45, 2.75) is 39.2 Å². The van der Waals surface area contributed by atoms with E-state index in [9.17, 15) is 18.0 Å². The second-order valence-corrected chi connectivity index (χ2v) is 7.63. The summed E-state index contributed by atoms with van der Waals surface area (Å²) >= 11 is 0. The molecule has 6 nitrogen and oxygen atoms in total. The number of amides is 1. The summed E-state index contributed by atoms with van der Waals surface area (Å²) in [4.78, 5) is 24.1. The lowest BCUT2D eigenvalue weighted by Gasteiger charge is -2.26. The summed E-state index contributed by atoms with van der Waals surface area (Å²) < 4.78 is 22.9. The number of sulfone groups is 1. The van der Waals surface area contributed by atoms with Crippen molar-refractivity contribution in [2.75, 3.05) is 18.1 Å². The number of carboxylic acids is 1. The second-order valence-electron chi connectivity index (χ2n) is 5.40. The van der Waals surface area contributed by atoms with Crippen LogP contribution in [-0.4, -0.2) is 54.4 Å². The van der Waals surface area contributed by atoms with Crippen molar-refractivity contribution in [3.63, 3.8) is 0 Å². The van der Waals surface area contributed by atoms with Crippen LogP contribution in [0, 0.1) is 5.92 Å².